The molecule has 1 atom stereocenters. The molecule has 0 spiro atoms. The van der Waals surface area contributed by atoms with Crippen molar-refractivity contribution in [2.24, 2.45) is 0 Å². The van der Waals surface area contributed by atoms with Crippen molar-refractivity contribution < 1.29 is 19.3 Å². The van der Waals surface area contributed by atoms with E-state index in [0.717, 1.165) is 5.56 Å². The molecular formula is C13H21NO4. The molecular weight excluding hydrogens is 234 g/mol. The molecule has 1 rings (SSSR count). The summed E-state index contributed by atoms with van der Waals surface area (Å²) in [5, 5.41) is 12.0. The summed E-state index contributed by atoms with van der Waals surface area (Å²) in [7, 11) is 4.76. The number of aliphatic hydroxyl groups is 1. The van der Waals surface area contributed by atoms with Gasteiger partial charge in [0.1, 0.15) is 0 Å². The molecule has 0 fully saturated rings. The lowest BCUT2D eigenvalue weighted by Crippen LogP contribution is -2.22. The van der Waals surface area contributed by atoms with E-state index < -0.39 is 0 Å². The maximum Gasteiger partial charge on any atom is 0.203 e. The number of hydrogen-bond acceptors (Lipinski definition) is 5. The molecule has 18 heavy (non-hydrogen) atoms. The fourth-order valence-corrected chi connectivity index (χ4v) is 1.75. The normalized spacial score (nSPS) is 12.1. The molecule has 0 bridgehead atoms. The lowest BCUT2D eigenvalue weighted by atomic mass is 10.1. The maximum absolute atomic E-state index is 8.81. The van der Waals surface area contributed by atoms with Crippen LogP contribution in [0.5, 0.6) is 17.2 Å². The van der Waals surface area contributed by atoms with E-state index in [1.54, 1.807) is 21.3 Å². The van der Waals surface area contributed by atoms with Gasteiger partial charge >= 0.3 is 0 Å². The number of nitrogens with one attached hydrogen (secondary N) is 1. The van der Waals surface area contributed by atoms with Crippen LogP contribution >= 0.6 is 0 Å². The minimum atomic E-state index is 0.0888. The molecule has 0 saturated carbocycles. The van der Waals surface area contributed by atoms with Gasteiger partial charge in [0.2, 0.25) is 5.75 Å². The first kappa shape index (κ1) is 14.6. The number of ether oxygens (including phenoxy) is 3. The highest BCUT2D eigenvalue weighted by Gasteiger charge is 2.15. The predicted molar refractivity (Wildman–Crippen MR) is 69.6 cm³/mol. The average molecular weight is 255 g/mol. The number of aliphatic hydroxyl groups excluding tert-OH is 1. The molecule has 1 unspecified atom stereocenters. The van der Waals surface area contributed by atoms with Crippen LogP contribution in [0.1, 0.15) is 18.5 Å². The summed E-state index contributed by atoms with van der Waals surface area (Å²) in [4.78, 5) is 0. The van der Waals surface area contributed by atoms with E-state index in [9.17, 15) is 0 Å². The van der Waals surface area contributed by atoms with Crippen LogP contribution in [0, 0.1) is 0 Å². The zero-order chi connectivity index (χ0) is 13.5. The summed E-state index contributed by atoms with van der Waals surface area (Å²) in [6.45, 7) is 2.66. The Morgan fingerprint density at radius 1 is 1.11 bits per heavy atom. The van der Waals surface area contributed by atoms with Crippen LogP contribution in [-0.2, 0) is 0 Å². The second kappa shape index (κ2) is 7.08. The molecule has 0 saturated heterocycles. The lowest BCUT2D eigenvalue weighted by molar-refractivity contribution is 0.286. The van der Waals surface area contributed by atoms with Crippen molar-refractivity contribution in [1.82, 2.24) is 5.32 Å². The molecule has 0 aromatic heterocycles. The van der Waals surface area contributed by atoms with Crippen LogP contribution in [0.15, 0.2) is 12.1 Å². The van der Waals surface area contributed by atoms with E-state index in [2.05, 4.69) is 5.32 Å². The first-order chi connectivity index (χ1) is 8.67. The third kappa shape index (κ3) is 3.27. The quantitative estimate of drug-likeness (QED) is 0.770. The van der Waals surface area contributed by atoms with Crippen LogP contribution in [0.2, 0.25) is 0 Å². The molecule has 2 N–H and O–H groups in total. The van der Waals surface area contributed by atoms with Crippen molar-refractivity contribution in [2.75, 3.05) is 34.5 Å². The standard InChI is InChI=1S/C13H21NO4/c1-9(14-5-6-15)10-7-11(16-2)13(18-4)12(8-10)17-3/h7-9,14-15H,5-6H2,1-4H3. The fourth-order valence-electron chi connectivity index (χ4n) is 1.75. The van der Waals surface area contributed by atoms with Crippen molar-refractivity contribution in [3.05, 3.63) is 17.7 Å². The molecule has 0 heterocycles. The minimum absolute atomic E-state index is 0.0888. The van der Waals surface area contributed by atoms with Crippen molar-refractivity contribution >= 4 is 0 Å². The van der Waals surface area contributed by atoms with Gasteiger partial charge in [0.15, 0.2) is 11.5 Å². The lowest BCUT2D eigenvalue weighted by Gasteiger charge is -2.18. The van der Waals surface area contributed by atoms with E-state index in [0.29, 0.717) is 23.8 Å². The Kier molecular flexibility index (Phi) is 5.74. The third-order valence-corrected chi connectivity index (χ3v) is 2.75. The Morgan fingerprint density at radius 2 is 1.67 bits per heavy atom. The van der Waals surface area contributed by atoms with Crippen molar-refractivity contribution in [2.45, 2.75) is 13.0 Å². The van der Waals surface area contributed by atoms with Crippen molar-refractivity contribution in [1.29, 1.82) is 0 Å². The van der Waals surface area contributed by atoms with E-state index in [1.807, 2.05) is 19.1 Å². The monoisotopic (exact) mass is 255 g/mol. The van der Waals surface area contributed by atoms with E-state index >= 15 is 0 Å². The van der Waals surface area contributed by atoms with E-state index in [1.165, 1.54) is 0 Å². The highest BCUT2D eigenvalue weighted by Crippen LogP contribution is 2.39. The Bertz CT molecular complexity index is 356. The highest BCUT2D eigenvalue weighted by atomic mass is 16.5. The van der Waals surface area contributed by atoms with Crippen molar-refractivity contribution in [3.63, 3.8) is 0 Å². The molecule has 5 nitrogen and oxygen atoms in total. The number of methoxy groups -OCH3 is 3. The van der Waals surface area contributed by atoms with Gasteiger partial charge in [-0.3, -0.25) is 0 Å². The van der Waals surface area contributed by atoms with E-state index in [4.69, 9.17) is 19.3 Å². The second-order valence-electron chi connectivity index (χ2n) is 3.86. The van der Waals surface area contributed by atoms with Crippen LogP contribution < -0.4 is 19.5 Å². The molecule has 0 aliphatic rings. The Hall–Kier alpha value is -1.46. The zero-order valence-electron chi connectivity index (χ0n) is 11.3. The van der Waals surface area contributed by atoms with Gasteiger partial charge in [0.25, 0.3) is 0 Å². The van der Waals surface area contributed by atoms with Gasteiger partial charge in [-0.15, -0.1) is 0 Å². The molecule has 102 valence electrons. The largest absolute Gasteiger partial charge is 0.493 e. The summed E-state index contributed by atoms with van der Waals surface area (Å²) < 4.78 is 15.8. The maximum atomic E-state index is 8.81. The van der Waals surface area contributed by atoms with Crippen LogP contribution in [0.3, 0.4) is 0 Å². The van der Waals surface area contributed by atoms with Gasteiger partial charge in [-0.2, -0.15) is 0 Å². The number of benzene rings is 1. The van der Waals surface area contributed by atoms with Crippen LogP contribution in [-0.4, -0.2) is 39.6 Å². The van der Waals surface area contributed by atoms with Gasteiger partial charge < -0.3 is 24.6 Å². The molecule has 0 amide bonds. The SMILES string of the molecule is COc1cc(C(C)NCCO)cc(OC)c1OC. The van der Waals surface area contributed by atoms with Gasteiger partial charge in [0, 0.05) is 12.6 Å². The highest BCUT2D eigenvalue weighted by molar-refractivity contribution is 5.54. The topological polar surface area (TPSA) is 60.0 Å². The number of hydrogen-bond donors (Lipinski definition) is 2. The summed E-state index contributed by atoms with van der Waals surface area (Å²) in [5.74, 6) is 1.84. The first-order valence-electron chi connectivity index (χ1n) is 5.82. The summed E-state index contributed by atoms with van der Waals surface area (Å²) in [5.41, 5.74) is 1.01. The van der Waals surface area contributed by atoms with Gasteiger partial charge in [-0.05, 0) is 24.6 Å². The Balaban J connectivity index is 3.06. The van der Waals surface area contributed by atoms with Crippen LogP contribution in [0.4, 0.5) is 0 Å². The molecule has 5 heteroatoms. The first-order valence-corrected chi connectivity index (χ1v) is 5.82. The average Bonchev–Trinajstić information content (AvgIpc) is 2.42. The Labute approximate surface area is 108 Å². The van der Waals surface area contributed by atoms with Crippen LogP contribution in [0.25, 0.3) is 0 Å². The number of rotatable bonds is 7. The molecule has 0 aliphatic carbocycles. The fraction of sp³-hybridized carbons (Fsp3) is 0.538. The van der Waals surface area contributed by atoms with Gasteiger partial charge in [0.05, 0.1) is 27.9 Å². The second-order valence-corrected chi connectivity index (χ2v) is 3.86. The van der Waals surface area contributed by atoms with E-state index in [-0.39, 0.29) is 12.6 Å². The molecule has 0 radical (unpaired) electrons. The summed E-state index contributed by atoms with van der Waals surface area (Å²) >= 11 is 0. The predicted octanol–water partition coefficient (Wildman–Crippen LogP) is 1.36. The Morgan fingerprint density at radius 3 is 2.06 bits per heavy atom. The van der Waals surface area contributed by atoms with Gasteiger partial charge in [-0.1, -0.05) is 0 Å². The zero-order valence-corrected chi connectivity index (χ0v) is 11.3. The van der Waals surface area contributed by atoms with Gasteiger partial charge in [-0.25, -0.2) is 0 Å². The molecule has 0 aliphatic heterocycles. The molecule has 1 aromatic rings. The molecule has 1 aromatic carbocycles. The summed E-state index contributed by atoms with van der Waals surface area (Å²) in [6, 6.07) is 3.89. The van der Waals surface area contributed by atoms with Crippen molar-refractivity contribution in [3.8, 4) is 17.2 Å². The third-order valence-electron chi connectivity index (χ3n) is 2.75. The summed E-state index contributed by atoms with van der Waals surface area (Å²) in [6.07, 6.45) is 0. The minimum Gasteiger partial charge on any atom is -0.493 e. The smallest absolute Gasteiger partial charge is 0.203 e.